The summed E-state index contributed by atoms with van der Waals surface area (Å²) in [5.74, 6) is -1.11. The highest BCUT2D eigenvalue weighted by Crippen LogP contribution is 2.28. The lowest BCUT2D eigenvalue weighted by molar-refractivity contribution is -0.136. The number of nitrogens with zero attached hydrogens (tertiary/aromatic N) is 2. The number of para-hydroxylation sites is 1. The number of thiazole rings is 1. The van der Waals surface area contributed by atoms with Gasteiger partial charge in [0.1, 0.15) is 0 Å². The number of rotatable bonds is 4. The van der Waals surface area contributed by atoms with Gasteiger partial charge in [-0.15, -0.1) is 0 Å². The average Bonchev–Trinajstić information content (AvgIpc) is 2.92. The molecule has 0 bridgehead atoms. The summed E-state index contributed by atoms with van der Waals surface area (Å²) in [4.78, 5) is 21.5. The van der Waals surface area contributed by atoms with E-state index in [0.717, 1.165) is 10.2 Å². The van der Waals surface area contributed by atoms with Crippen LogP contribution in [0.4, 0.5) is 11.1 Å². The Balaban J connectivity index is 1.85. The molecule has 0 radical (unpaired) electrons. The van der Waals surface area contributed by atoms with E-state index in [9.17, 15) is 9.90 Å². The van der Waals surface area contributed by atoms with Gasteiger partial charge in [-0.1, -0.05) is 23.5 Å². The topological polar surface area (TPSA) is 111 Å². The molecule has 3 aromatic rings. The van der Waals surface area contributed by atoms with Crippen LogP contribution in [0.2, 0.25) is 0 Å². The third-order valence-electron chi connectivity index (χ3n) is 2.60. The third kappa shape index (κ3) is 2.41. The van der Waals surface area contributed by atoms with Gasteiger partial charge < -0.3 is 20.5 Å². The minimum absolute atomic E-state index is 0.154. The third-order valence-corrected chi connectivity index (χ3v) is 3.56. The van der Waals surface area contributed by atoms with E-state index >= 15 is 0 Å². The van der Waals surface area contributed by atoms with Crippen molar-refractivity contribution in [2.45, 2.75) is 6.42 Å². The summed E-state index contributed by atoms with van der Waals surface area (Å²) in [7, 11) is 0. The minimum Gasteiger partial charge on any atom is -0.492 e. The molecule has 0 saturated heterocycles. The lowest BCUT2D eigenvalue weighted by Gasteiger charge is -1.95. The monoisotopic (exact) mass is 290 g/mol. The standard InChI is InChI=1S/C12H10N4O3S/c17-9(18)5-7-10(19)15-11(13-7)16-12-14-6-3-1-2-4-8(6)20-12/h1-4,19H,5H2,(H,17,18)(H2,13,14,15,16). The molecule has 3 rings (SSSR count). The SMILES string of the molecule is O=C(O)Cc1[nH]c(Nc2nc3ccccc3s2)nc1O. The first-order chi connectivity index (χ1) is 9.61. The second-order valence-electron chi connectivity index (χ2n) is 4.07. The largest absolute Gasteiger partial charge is 0.492 e. The van der Waals surface area contributed by atoms with Crippen molar-refractivity contribution in [3.05, 3.63) is 30.0 Å². The molecule has 0 spiro atoms. The maximum absolute atomic E-state index is 10.6. The number of carboxylic acid groups (broad SMARTS) is 1. The zero-order chi connectivity index (χ0) is 14.1. The second-order valence-corrected chi connectivity index (χ2v) is 5.10. The zero-order valence-corrected chi connectivity index (χ0v) is 10.9. The van der Waals surface area contributed by atoms with Crippen molar-refractivity contribution < 1.29 is 15.0 Å². The average molecular weight is 290 g/mol. The van der Waals surface area contributed by atoms with Gasteiger partial charge in [0.15, 0.2) is 5.13 Å². The number of carboxylic acids is 1. The number of hydrogen-bond acceptors (Lipinski definition) is 6. The predicted octanol–water partition coefficient (Wildman–Crippen LogP) is 2.10. The van der Waals surface area contributed by atoms with E-state index in [0.29, 0.717) is 5.13 Å². The summed E-state index contributed by atoms with van der Waals surface area (Å²) in [6, 6.07) is 7.67. The highest BCUT2D eigenvalue weighted by molar-refractivity contribution is 7.22. The summed E-state index contributed by atoms with van der Waals surface area (Å²) in [6.45, 7) is 0. The number of nitrogens with one attached hydrogen (secondary N) is 2. The smallest absolute Gasteiger partial charge is 0.309 e. The number of aromatic hydroxyl groups is 1. The van der Waals surface area contributed by atoms with Gasteiger partial charge in [0.2, 0.25) is 11.8 Å². The molecule has 7 nitrogen and oxygen atoms in total. The molecule has 0 unspecified atom stereocenters. The van der Waals surface area contributed by atoms with Gasteiger partial charge >= 0.3 is 5.97 Å². The Kier molecular flexibility index (Phi) is 2.99. The van der Waals surface area contributed by atoms with Crippen molar-refractivity contribution in [3.8, 4) is 5.88 Å². The Hall–Kier alpha value is -2.61. The number of hydrogen-bond donors (Lipinski definition) is 4. The van der Waals surface area contributed by atoms with Crippen LogP contribution in [-0.2, 0) is 11.2 Å². The molecule has 0 aliphatic rings. The molecular formula is C12H10N4O3S. The highest BCUT2D eigenvalue weighted by Gasteiger charge is 2.13. The molecule has 0 aliphatic heterocycles. The van der Waals surface area contributed by atoms with E-state index in [4.69, 9.17) is 5.11 Å². The van der Waals surface area contributed by atoms with Crippen molar-refractivity contribution in [1.29, 1.82) is 0 Å². The van der Waals surface area contributed by atoms with Crippen LogP contribution < -0.4 is 5.32 Å². The lowest BCUT2D eigenvalue weighted by atomic mass is 10.3. The van der Waals surface area contributed by atoms with Crippen molar-refractivity contribution in [2.24, 2.45) is 0 Å². The summed E-state index contributed by atoms with van der Waals surface area (Å²) in [6.07, 6.45) is -0.319. The van der Waals surface area contributed by atoms with Crippen molar-refractivity contribution in [2.75, 3.05) is 5.32 Å². The van der Waals surface area contributed by atoms with Crippen LogP contribution in [-0.4, -0.2) is 31.1 Å². The van der Waals surface area contributed by atoms with Gasteiger partial charge in [0.25, 0.3) is 0 Å². The molecule has 102 valence electrons. The number of aliphatic carboxylic acids is 1. The molecule has 4 N–H and O–H groups in total. The Morgan fingerprint density at radius 1 is 1.35 bits per heavy atom. The van der Waals surface area contributed by atoms with Gasteiger partial charge in [0, 0.05) is 0 Å². The predicted molar refractivity (Wildman–Crippen MR) is 74.5 cm³/mol. The summed E-state index contributed by atoms with van der Waals surface area (Å²) < 4.78 is 1.02. The van der Waals surface area contributed by atoms with E-state index in [1.54, 1.807) is 0 Å². The number of aromatic amines is 1. The van der Waals surface area contributed by atoms with E-state index in [2.05, 4.69) is 20.3 Å². The highest BCUT2D eigenvalue weighted by atomic mass is 32.1. The van der Waals surface area contributed by atoms with Crippen LogP contribution in [0.5, 0.6) is 5.88 Å². The fraction of sp³-hybridized carbons (Fsp3) is 0.0833. The van der Waals surface area contributed by atoms with Gasteiger partial charge in [-0.3, -0.25) is 4.79 Å². The van der Waals surface area contributed by atoms with E-state index in [1.165, 1.54) is 11.3 Å². The number of anilines is 2. The minimum atomic E-state index is -1.05. The van der Waals surface area contributed by atoms with Crippen LogP contribution in [0.25, 0.3) is 10.2 Å². The molecule has 8 heteroatoms. The number of H-pyrrole nitrogens is 1. The second kappa shape index (κ2) is 4.82. The number of benzene rings is 1. The molecular weight excluding hydrogens is 280 g/mol. The number of carbonyl (C=O) groups is 1. The number of fused-ring (bicyclic) bond motifs is 1. The molecule has 0 atom stereocenters. The van der Waals surface area contributed by atoms with Crippen LogP contribution >= 0.6 is 11.3 Å². The molecule has 0 amide bonds. The van der Waals surface area contributed by atoms with E-state index in [-0.39, 0.29) is 23.9 Å². The van der Waals surface area contributed by atoms with E-state index < -0.39 is 5.97 Å². The van der Waals surface area contributed by atoms with Gasteiger partial charge in [-0.2, -0.15) is 4.98 Å². The number of imidazole rings is 1. The van der Waals surface area contributed by atoms with Crippen LogP contribution in [0.3, 0.4) is 0 Å². The Morgan fingerprint density at radius 3 is 2.90 bits per heavy atom. The summed E-state index contributed by atoms with van der Waals surface area (Å²) in [5.41, 5.74) is 1.02. The van der Waals surface area contributed by atoms with Crippen molar-refractivity contribution in [3.63, 3.8) is 0 Å². The Labute approximate surface area is 116 Å². The fourth-order valence-electron chi connectivity index (χ4n) is 1.76. The van der Waals surface area contributed by atoms with Crippen LogP contribution in [0.15, 0.2) is 24.3 Å². The Bertz CT molecular complexity index is 747. The summed E-state index contributed by atoms with van der Waals surface area (Å²) in [5, 5.41) is 21.8. The molecule has 2 heterocycles. The van der Waals surface area contributed by atoms with Gasteiger partial charge in [-0.25, -0.2) is 4.98 Å². The number of aromatic nitrogens is 3. The first-order valence-corrected chi connectivity index (χ1v) is 6.55. The molecule has 1 aromatic carbocycles. The molecule has 2 aromatic heterocycles. The lowest BCUT2D eigenvalue weighted by Crippen LogP contribution is -2.00. The first kappa shape index (κ1) is 12.4. The normalized spacial score (nSPS) is 10.8. The fourth-order valence-corrected chi connectivity index (χ4v) is 2.63. The molecule has 20 heavy (non-hydrogen) atoms. The van der Waals surface area contributed by atoms with Gasteiger partial charge in [-0.05, 0) is 12.1 Å². The van der Waals surface area contributed by atoms with E-state index in [1.807, 2.05) is 24.3 Å². The molecule has 0 fully saturated rings. The zero-order valence-electron chi connectivity index (χ0n) is 10.1. The quantitative estimate of drug-likeness (QED) is 0.585. The Morgan fingerprint density at radius 2 is 2.15 bits per heavy atom. The van der Waals surface area contributed by atoms with Gasteiger partial charge in [0.05, 0.1) is 22.3 Å². The van der Waals surface area contributed by atoms with Crippen molar-refractivity contribution >= 4 is 38.6 Å². The molecule has 0 aliphatic carbocycles. The molecule has 0 saturated carbocycles. The maximum atomic E-state index is 10.6. The first-order valence-electron chi connectivity index (χ1n) is 5.74. The van der Waals surface area contributed by atoms with Crippen LogP contribution in [0, 0.1) is 0 Å². The maximum Gasteiger partial charge on any atom is 0.309 e. The van der Waals surface area contributed by atoms with Crippen LogP contribution in [0.1, 0.15) is 5.69 Å². The summed E-state index contributed by atoms with van der Waals surface area (Å²) >= 11 is 1.44. The van der Waals surface area contributed by atoms with Crippen molar-refractivity contribution in [1.82, 2.24) is 15.0 Å².